The van der Waals surface area contributed by atoms with E-state index in [9.17, 15) is 18.0 Å². The largest absolute Gasteiger partial charge is 0.338 e. The third-order valence-corrected chi connectivity index (χ3v) is 6.68. The van der Waals surface area contributed by atoms with Gasteiger partial charge in [-0.05, 0) is 54.4 Å². The molecule has 0 bridgehead atoms. The fourth-order valence-corrected chi connectivity index (χ4v) is 4.99. The van der Waals surface area contributed by atoms with Crippen LogP contribution < -0.4 is 5.32 Å². The van der Waals surface area contributed by atoms with Gasteiger partial charge in [-0.15, -0.1) is 0 Å². The molecule has 1 N–H and O–H groups in total. The number of halogens is 1. The van der Waals surface area contributed by atoms with E-state index in [1.54, 1.807) is 17.9 Å². The molecule has 2 amide bonds. The van der Waals surface area contributed by atoms with E-state index >= 15 is 0 Å². The molecule has 1 saturated heterocycles. The molecule has 1 fully saturated rings. The van der Waals surface area contributed by atoms with Crippen molar-refractivity contribution in [2.45, 2.75) is 38.6 Å². The van der Waals surface area contributed by atoms with Crippen molar-refractivity contribution in [1.82, 2.24) is 9.21 Å². The molecule has 1 heterocycles. The number of benzene rings is 1. The quantitative estimate of drug-likeness (QED) is 0.788. The van der Waals surface area contributed by atoms with Gasteiger partial charge in [0.05, 0.1) is 17.1 Å². The van der Waals surface area contributed by atoms with Crippen LogP contribution in [0.2, 0.25) is 0 Å². The Kier molecular flexibility index (Phi) is 5.90. The van der Waals surface area contributed by atoms with Gasteiger partial charge in [0.25, 0.3) is 0 Å². The molecule has 0 radical (unpaired) electrons. The van der Waals surface area contributed by atoms with Crippen LogP contribution in [0.25, 0.3) is 0 Å². The molecular weight excluding hydrogens is 410 g/mol. The second-order valence-electron chi connectivity index (χ2n) is 6.30. The molecule has 138 valence electrons. The lowest BCUT2D eigenvalue weighted by Crippen LogP contribution is -2.54. The number of sulfonamides is 1. The molecule has 7 nitrogen and oxygen atoms in total. The van der Waals surface area contributed by atoms with Crippen molar-refractivity contribution in [2.24, 2.45) is 0 Å². The maximum Gasteiger partial charge on any atom is 0.243 e. The van der Waals surface area contributed by atoms with Gasteiger partial charge in [0.1, 0.15) is 0 Å². The van der Waals surface area contributed by atoms with E-state index in [1.165, 1.54) is 17.3 Å². The first-order valence-electron chi connectivity index (χ1n) is 7.91. The minimum Gasteiger partial charge on any atom is -0.338 e. The SMILES string of the molecule is CC(=O)Nc1cc(C)c(S(=O)(=O)N2CCN(C(C)C)C(=O)C2)cc1Br. The van der Waals surface area contributed by atoms with Crippen LogP contribution in [0, 0.1) is 6.92 Å². The molecule has 9 heteroatoms. The number of amides is 2. The average Bonchev–Trinajstić information content (AvgIpc) is 2.49. The predicted molar refractivity (Wildman–Crippen MR) is 98.8 cm³/mol. The Hall–Kier alpha value is -1.45. The van der Waals surface area contributed by atoms with Crippen LogP contribution in [0.15, 0.2) is 21.5 Å². The van der Waals surface area contributed by atoms with Crippen molar-refractivity contribution in [3.63, 3.8) is 0 Å². The normalized spacial score (nSPS) is 16.4. The monoisotopic (exact) mass is 431 g/mol. The number of carbonyl (C=O) groups excluding carboxylic acids is 2. The second-order valence-corrected chi connectivity index (χ2v) is 9.06. The number of nitrogens with zero attached hydrogens (tertiary/aromatic N) is 2. The third kappa shape index (κ3) is 4.21. The lowest BCUT2D eigenvalue weighted by molar-refractivity contribution is -0.135. The minimum atomic E-state index is -3.80. The maximum absolute atomic E-state index is 13.0. The van der Waals surface area contributed by atoms with Crippen LogP contribution >= 0.6 is 15.9 Å². The van der Waals surface area contributed by atoms with E-state index in [2.05, 4.69) is 21.2 Å². The third-order valence-electron chi connectivity index (χ3n) is 4.04. The molecule has 0 unspecified atom stereocenters. The van der Waals surface area contributed by atoms with E-state index < -0.39 is 10.0 Å². The van der Waals surface area contributed by atoms with Crippen LogP contribution in [-0.2, 0) is 19.6 Å². The smallest absolute Gasteiger partial charge is 0.243 e. The summed E-state index contributed by atoms with van der Waals surface area (Å²) < 4.78 is 27.6. The van der Waals surface area contributed by atoms with Gasteiger partial charge in [-0.25, -0.2) is 8.42 Å². The summed E-state index contributed by atoms with van der Waals surface area (Å²) in [4.78, 5) is 25.2. The molecule has 0 saturated carbocycles. The lowest BCUT2D eigenvalue weighted by Gasteiger charge is -2.36. The minimum absolute atomic E-state index is 0.0465. The maximum atomic E-state index is 13.0. The predicted octanol–water partition coefficient (Wildman–Crippen LogP) is 1.96. The first kappa shape index (κ1) is 19.9. The van der Waals surface area contributed by atoms with Gasteiger partial charge in [-0.2, -0.15) is 4.31 Å². The topological polar surface area (TPSA) is 86.8 Å². The molecule has 25 heavy (non-hydrogen) atoms. The zero-order chi connectivity index (χ0) is 18.9. The molecule has 1 aromatic carbocycles. The van der Waals surface area contributed by atoms with E-state index in [1.807, 2.05) is 13.8 Å². The van der Waals surface area contributed by atoms with Crippen LogP contribution in [0.1, 0.15) is 26.3 Å². The summed E-state index contributed by atoms with van der Waals surface area (Å²) in [5, 5.41) is 2.64. The number of aryl methyl sites for hydroxylation is 1. The summed E-state index contributed by atoms with van der Waals surface area (Å²) in [7, 11) is -3.80. The lowest BCUT2D eigenvalue weighted by atomic mass is 10.2. The number of piperazine rings is 1. The summed E-state index contributed by atoms with van der Waals surface area (Å²) in [6.45, 7) is 7.33. The van der Waals surface area contributed by atoms with E-state index in [-0.39, 0.29) is 35.8 Å². The summed E-state index contributed by atoms with van der Waals surface area (Å²) in [6, 6.07) is 3.12. The van der Waals surface area contributed by atoms with Crippen LogP contribution in [0.3, 0.4) is 0 Å². The molecule has 2 rings (SSSR count). The van der Waals surface area contributed by atoms with Gasteiger partial charge in [0, 0.05) is 30.5 Å². The van der Waals surface area contributed by atoms with Crippen molar-refractivity contribution < 1.29 is 18.0 Å². The molecule has 1 aliphatic rings. The van der Waals surface area contributed by atoms with E-state index in [0.717, 1.165) is 0 Å². The first-order valence-corrected chi connectivity index (χ1v) is 10.1. The summed E-state index contributed by atoms with van der Waals surface area (Å²) in [5.74, 6) is -0.442. The standard InChI is InChI=1S/C16H22BrN3O4S/c1-10(2)20-6-5-19(9-16(20)22)25(23,24)15-8-13(17)14(7-11(15)3)18-12(4)21/h7-8,10H,5-6,9H2,1-4H3,(H,18,21). The molecule has 1 aromatic rings. The molecule has 0 atom stereocenters. The van der Waals surface area contributed by atoms with Crippen molar-refractivity contribution in [1.29, 1.82) is 0 Å². The van der Waals surface area contributed by atoms with Gasteiger partial charge < -0.3 is 10.2 Å². The van der Waals surface area contributed by atoms with Gasteiger partial charge in [0.15, 0.2) is 0 Å². The highest BCUT2D eigenvalue weighted by Crippen LogP contribution is 2.31. The van der Waals surface area contributed by atoms with Crippen molar-refractivity contribution in [3.8, 4) is 0 Å². The Labute approximate surface area is 156 Å². The highest BCUT2D eigenvalue weighted by atomic mass is 79.9. The second kappa shape index (κ2) is 7.43. The summed E-state index contributed by atoms with van der Waals surface area (Å²) in [6.07, 6.45) is 0. The van der Waals surface area contributed by atoms with E-state index in [0.29, 0.717) is 22.3 Å². The zero-order valence-corrected chi connectivity index (χ0v) is 17.1. The fourth-order valence-electron chi connectivity index (χ4n) is 2.78. The van der Waals surface area contributed by atoms with Gasteiger partial charge in [-0.1, -0.05) is 0 Å². The van der Waals surface area contributed by atoms with Crippen LogP contribution in [0.4, 0.5) is 5.69 Å². The van der Waals surface area contributed by atoms with Crippen molar-refractivity contribution in [3.05, 3.63) is 22.2 Å². The Bertz CT molecular complexity index is 808. The molecular formula is C16H22BrN3O4S. The number of anilines is 1. The average molecular weight is 432 g/mol. The Morgan fingerprint density at radius 3 is 2.44 bits per heavy atom. The van der Waals surface area contributed by atoms with Gasteiger partial charge in [-0.3, -0.25) is 9.59 Å². The number of hydrogen-bond donors (Lipinski definition) is 1. The summed E-state index contributed by atoms with van der Waals surface area (Å²) in [5.41, 5.74) is 1.01. The van der Waals surface area contributed by atoms with Gasteiger partial charge >= 0.3 is 0 Å². The Morgan fingerprint density at radius 1 is 1.28 bits per heavy atom. The molecule has 1 aliphatic heterocycles. The Morgan fingerprint density at radius 2 is 1.92 bits per heavy atom. The number of hydrogen-bond acceptors (Lipinski definition) is 4. The summed E-state index contributed by atoms with van der Waals surface area (Å²) >= 11 is 3.29. The molecule has 0 spiro atoms. The van der Waals surface area contributed by atoms with Crippen molar-refractivity contribution >= 4 is 43.5 Å². The first-order chi connectivity index (χ1) is 11.5. The highest BCUT2D eigenvalue weighted by Gasteiger charge is 2.34. The molecule has 0 aromatic heterocycles. The van der Waals surface area contributed by atoms with Crippen LogP contribution in [-0.4, -0.2) is 55.1 Å². The number of carbonyl (C=O) groups is 2. The number of rotatable bonds is 4. The van der Waals surface area contributed by atoms with Gasteiger partial charge in [0.2, 0.25) is 21.8 Å². The zero-order valence-electron chi connectivity index (χ0n) is 14.7. The van der Waals surface area contributed by atoms with Crippen LogP contribution in [0.5, 0.6) is 0 Å². The highest BCUT2D eigenvalue weighted by molar-refractivity contribution is 9.10. The molecule has 0 aliphatic carbocycles. The number of nitrogens with one attached hydrogen (secondary N) is 1. The Balaban J connectivity index is 2.33. The van der Waals surface area contributed by atoms with E-state index in [4.69, 9.17) is 0 Å². The van der Waals surface area contributed by atoms with Crippen molar-refractivity contribution in [2.75, 3.05) is 25.0 Å². The fraction of sp³-hybridized carbons (Fsp3) is 0.500.